The highest BCUT2D eigenvalue weighted by molar-refractivity contribution is 6.30. The minimum atomic E-state index is -1.19. The van der Waals surface area contributed by atoms with Gasteiger partial charge in [-0.1, -0.05) is 11.6 Å². The summed E-state index contributed by atoms with van der Waals surface area (Å²) in [5, 5.41) is 16.0. The second kappa shape index (κ2) is 5.57. The van der Waals surface area contributed by atoms with Crippen LogP contribution in [0.3, 0.4) is 0 Å². The molecule has 8 nitrogen and oxygen atoms in total. The Morgan fingerprint density at radius 2 is 1.95 bits per heavy atom. The van der Waals surface area contributed by atoms with E-state index in [2.05, 4.69) is 14.9 Å². The van der Waals surface area contributed by atoms with Crippen molar-refractivity contribution in [3.05, 3.63) is 35.0 Å². The Labute approximate surface area is 117 Å². The van der Waals surface area contributed by atoms with Crippen molar-refractivity contribution in [2.75, 3.05) is 17.2 Å². The summed E-state index contributed by atoms with van der Waals surface area (Å²) in [7, 11) is 0. The van der Waals surface area contributed by atoms with E-state index in [0.717, 1.165) is 4.90 Å². The second-order valence-electron chi connectivity index (χ2n) is 3.76. The van der Waals surface area contributed by atoms with Crippen LogP contribution in [-0.2, 0) is 4.79 Å². The molecule has 2 rings (SSSR count). The lowest BCUT2D eigenvalue weighted by Crippen LogP contribution is -2.36. The summed E-state index contributed by atoms with van der Waals surface area (Å²) in [5.41, 5.74) is 5.52. The highest BCUT2D eigenvalue weighted by Gasteiger charge is 2.25. The van der Waals surface area contributed by atoms with E-state index in [1.165, 1.54) is 24.3 Å². The van der Waals surface area contributed by atoms with Crippen LogP contribution in [0.2, 0.25) is 5.02 Å². The number of nitrogens with two attached hydrogens (primary N) is 1. The summed E-state index contributed by atoms with van der Waals surface area (Å²) in [5.74, 6) is -2.13. The molecule has 0 unspecified atom stereocenters. The number of carboxylic acid groups (broad SMARTS) is 1. The van der Waals surface area contributed by atoms with Crippen molar-refractivity contribution in [3.8, 4) is 0 Å². The Morgan fingerprint density at radius 1 is 1.30 bits per heavy atom. The van der Waals surface area contributed by atoms with Gasteiger partial charge in [0.25, 0.3) is 5.91 Å². The molecule has 0 aliphatic rings. The van der Waals surface area contributed by atoms with Gasteiger partial charge in [0.1, 0.15) is 6.54 Å². The Morgan fingerprint density at radius 3 is 2.45 bits per heavy atom. The van der Waals surface area contributed by atoms with Gasteiger partial charge in [0, 0.05) is 10.7 Å². The summed E-state index contributed by atoms with van der Waals surface area (Å²) >= 11 is 5.75. The molecule has 2 aromatic rings. The molecular formula is C11H9ClN4O4. The van der Waals surface area contributed by atoms with Gasteiger partial charge in [-0.25, -0.2) is 4.63 Å². The monoisotopic (exact) mass is 296 g/mol. The SMILES string of the molecule is Nc1nonc1C(=O)N(CC(=O)O)c1ccc(Cl)cc1. The lowest BCUT2D eigenvalue weighted by atomic mass is 10.2. The number of nitrogens with zero attached hydrogens (tertiary/aromatic N) is 3. The number of aromatic nitrogens is 2. The molecule has 0 saturated heterocycles. The van der Waals surface area contributed by atoms with Crippen molar-refractivity contribution in [1.82, 2.24) is 10.3 Å². The minimum absolute atomic E-state index is 0.209. The number of hydrogen-bond acceptors (Lipinski definition) is 6. The third kappa shape index (κ3) is 2.86. The molecule has 0 atom stereocenters. The number of carbonyl (C=O) groups excluding carboxylic acids is 1. The van der Waals surface area contributed by atoms with Crippen LogP contribution in [0.25, 0.3) is 0 Å². The minimum Gasteiger partial charge on any atom is -0.480 e. The van der Waals surface area contributed by atoms with Crippen LogP contribution >= 0.6 is 11.6 Å². The number of halogens is 1. The molecule has 0 bridgehead atoms. The number of carboxylic acids is 1. The third-order valence-corrected chi connectivity index (χ3v) is 2.65. The summed E-state index contributed by atoms with van der Waals surface area (Å²) in [6.07, 6.45) is 0. The summed E-state index contributed by atoms with van der Waals surface area (Å²) in [4.78, 5) is 24.1. The number of nitrogen functional groups attached to an aromatic ring is 1. The fraction of sp³-hybridized carbons (Fsp3) is 0.0909. The number of anilines is 2. The summed E-state index contributed by atoms with van der Waals surface area (Å²) in [6, 6.07) is 6.08. The lowest BCUT2D eigenvalue weighted by molar-refractivity contribution is -0.135. The van der Waals surface area contributed by atoms with Gasteiger partial charge in [-0.3, -0.25) is 14.5 Å². The number of amides is 1. The van der Waals surface area contributed by atoms with Crippen LogP contribution in [0, 0.1) is 0 Å². The molecule has 1 aromatic carbocycles. The first-order chi connectivity index (χ1) is 9.49. The molecule has 20 heavy (non-hydrogen) atoms. The van der Waals surface area contributed by atoms with Crippen LogP contribution in [0.5, 0.6) is 0 Å². The molecule has 0 saturated carbocycles. The number of benzene rings is 1. The van der Waals surface area contributed by atoms with E-state index < -0.39 is 18.4 Å². The quantitative estimate of drug-likeness (QED) is 0.864. The third-order valence-electron chi connectivity index (χ3n) is 2.39. The van der Waals surface area contributed by atoms with Crippen molar-refractivity contribution in [3.63, 3.8) is 0 Å². The van der Waals surface area contributed by atoms with Gasteiger partial charge >= 0.3 is 5.97 Å². The lowest BCUT2D eigenvalue weighted by Gasteiger charge is -2.19. The van der Waals surface area contributed by atoms with E-state index in [1.54, 1.807) is 0 Å². The summed E-state index contributed by atoms with van der Waals surface area (Å²) in [6.45, 7) is -0.563. The van der Waals surface area contributed by atoms with Crippen molar-refractivity contribution >= 4 is 35.0 Å². The fourth-order valence-electron chi connectivity index (χ4n) is 1.51. The highest BCUT2D eigenvalue weighted by atomic mass is 35.5. The Balaban J connectivity index is 2.37. The molecule has 3 N–H and O–H groups in total. The van der Waals surface area contributed by atoms with Gasteiger partial charge in [0.2, 0.25) is 11.5 Å². The van der Waals surface area contributed by atoms with Gasteiger partial charge in [-0.05, 0) is 34.6 Å². The molecule has 0 spiro atoms. The van der Waals surface area contributed by atoms with Gasteiger partial charge in [0.15, 0.2) is 0 Å². The van der Waals surface area contributed by atoms with E-state index in [1.807, 2.05) is 0 Å². The summed E-state index contributed by atoms with van der Waals surface area (Å²) < 4.78 is 4.34. The second-order valence-corrected chi connectivity index (χ2v) is 4.20. The molecule has 1 heterocycles. The normalized spacial score (nSPS) is 10.2. The molecule has 1 aromatic heterocycles. The molecule has 0 fully saturated rings. The Bertz CT molecular complexity index is 640. The van der Waals surface area contributed by atoms with E-state index in [9.17, 15) is 9.59 Å². The van der Waals surface area contributed by atoms with Crippen molar-refractivity contribution in [2.45, 2.75) is 0 Å². The van der Waals surface area contributed by atoms with Gasteiger partial charge in [-0.15, -0.1) is 0 Å². The van der Waals surface area contributed by atoms with Gasteiger partial charge < -0.3 is 10.8 Å². The topological polar surface area (TPSA) is 123 Å². The maximum Gasteiger partial charge on any atom is 0.323 e. The maximum absolute atomic E-state index is 12.2. The number of rotatable bonds is 4. The smallest absolute Gasteiger partial charge is 0.323 e. The first-order valence-electron chi connectivity index (χ1n) is 5.36. The molecule has 0 aliphatic heterocycles. The molecule has 1 amide bonds. The van der Waals surface area contributed by atoms with Crippen molar-refractivity contribution in [1.29, 1.82) is 0 Å². The molecule has 0 aliphatic carbocycles. The first kappa shape index (κ1) is 13.8. The highest BCUT2D eigenvalue weighted by Crippen LogP contribution is 2.20. The largest absolute Gasteiger partial charge is 0.480 e. The van der Waals surface area contributed by atoms with E-state index >= 15 is 0 Å². The predicted octanol–water partition coefficient (Wildman–Crippen LogP) is 1.04. The zero-order valence-electron chi connectivity index (χ0n) is 9.99. The van der Waals surface area contributed by atoms with E-state index in [4.69, 9.17) is 22.4 Å². The van der Waals surface area contributed by atoms with Gasteiger partial charge in [0.05, 0.1) is 0 Å². The molecular weight excluding hydrogens is 288 g/mol. The standard InChI is InChI=1S/C11H9ClN4O4/c12-6-1-3-7(4-2-6)16(5-8(17)18)11(19)9-10(13)15-20-14-9/h1-4H,5H2,(H2,13,15)(H,17,18). The van der Waals surface area contributed by atoms with Crippen LogP contribution in [0.15, 0.2) is 28.9 Å². The van der Waals surface area contributed by atoms with Crippen LogP contribution < -0.4 is 10.6 Å². The zero-order valence-corrected chi connectivity index (χ0v) is 10.7. The fourth-order valence-corrected chi connectivity index (χ4v) is 1.63. The van der Waals surface area contributed by atoms with Crippen LogP contribution in [0.4, 0.5) is 11.5 Å². The van der Waals surface area contributed by atoms with Crippen LogP contribution in [-0.4, -0.2) is 33.8 Å². The first-order valence-corrected chi connectivity index (χ1v) is 5.74. The molecule has 104 valence electrons. The van der Waals surface area contributed by atoms with E-state index in [0.29, 0.717) is 10.7 Å². The van der Waals surface area contributed by atoms with Crippen LogP contribution in [0.1, 0.15) is 10.5 Å². The average molecular weight is 297 g/mol. The number of carbonyl (C=O) groups is 2. The van der Waals surface area contributed by atoms with E-state index in [-0.39, 0.29) is 11.5 Å². The van der Waals surface area contributed by atoms with Crippen molar-refractivity contribution in [2.24, 2.45) is 0 Å². The van der Waals surface area contributed by atoms with Gasteiger partial charge in [-0.2, -0.15) is 0 Å². The number of aliphatic carboxylic acids is 1. The predicted molar refractivity (Wildman–Crippen MR) is 69.5 cm³/mol. The number of hydrogen-bond donors (Lipinski definition) is 2. The van der Waals surface area contributed by atoms with Crippen molar-refractivity contribution < 1.29 is 19.3 Å². The average Bonchev–Trinajstić information content (AvgIpc) is 2.82. The maximum atomic E-state index is 12.2. The zero-order chi connectivity index (χ0) is 14.7. The molecule has 0 radical (unpaired) electrons. The molecule has 9 heteroatoms. The Hall–Kier alpha value is -2.61. The Kier molecular flexibility index (Phi) is 3.85.